The van der Waals surface area contributed by atoms with Crippen molar-refractivity contribution in [1.82, 2.24) is 4.90 Å². The van der Waals surface area contributed by atoms with E-state index in [9.17, 15) is 19.5 Å². The quantitative estimate of drug-likeness (QED) is 0.172. The molecule has 10 heteroatoms. The summed E-state index contributed by atoms with van der Waals surface area (Å²) >= 11 is 9.71. The molecule has 3 unspecified atom stereocenters. The molecule has 8 nitrogen and oxygen atoms in total. The Morgan fingerprint density at radius 1 is 1.27 bits per heavy atom. The van der Waals surface area contributed by atoms with Crippen LogP contribution >= 0.6 is 27.5 Å². The minimum atomic E-state index is -1.20. The minimum Gasteiger partial charge on any atom is -0.465 e. The van der Waals surface area contributed by atoms with Crippen LogP contribution in [0.15, 0.2) is 49.6 Å². The molecule has 1 N–H and O–H groups in total. The van der Waals surface area contributed by atoms with Gasteiger partial charge in [0.2, 0.25) is 5.91 Å². The molecule has 3 saturated heterocycles. The fourth-order valence-electron chi connectivity index (χ4n) is 5.88. The molecule has 37 heavy (non-hydrogen) atoms. The Morgan fingerprint density at radius 2 is 2.00 bits per heavy atom. The Labute approximate surface area is 230 Å². The van der Waals surface area contributed by atoms with Crippen LogP contribution in [0, 0.1) is 11.8 Å². The number of nitrogens with zero attached hydrogens (tertiary/aromatic N) is 2. The molecule has 3 aliphatic rings. The lowest BCUT2D eigenvalue weighted by molar-refractivity contribution is -0.155. The molecule has 1 aromatic carbocycles. The van der Waals surface area contributed by atoms with Crippen molar-refractivity contribution in [2.75, 3.05) is 31.2 Å². The van der Waals surface area contributed by atoms with Crippen molar-refractivity contribution in [3.05, 3.63) is 54.6 Å². The molecule has 6 atom stereocenters. The van der Waals surface area contributed by atoms with Crippen LogP contribution in [0.4, 0.5) is 5.69 Å². The van der Waals surface area contributed by atoms with E-state index in [1.54, 1.807) is 41.3 Å². The van der Waals surface area contributed by atoms with E-state index < -0.39 is 35.6 Å². The molecule has 2 bridgehead atoms. The second-order valence-electron chi connectivity index (χ2n) is 9.58. The number of alkyl halides is 1. The first-order valence-corrected chi connectivity index (χ1v) is 13.8. The van der Waals surface area contributed by atoms with Crippen LogP contribution < -0.4 is 4.90 Å². The van der Waals surface area contributed by atoms with Crippen molar-refractivity contribution in [2.24, 2.45) is 11.8 Å². The number of hydrogen-bond donors (Lipinski definition) is 1. The van der Waals surface area contributed by atoms with Gasteiger partial charge in [-0.05, 0) is 49.9 Å². The van der Waals surface area contributed by atoms with E-state index in [4.69, 9.17) is 21.1 Å². The maximum absolute atomic E-state index is 14.3. The molecule has 0 saturated carbocycles. The summed E-state index contributed by atoms with van der Waals surface area (Å²) in [6, 6.07) is 5.87. The number of hydrogen-bond acceptors (Lipinski definition) is 6. The number of ether oxygens (including phenoxy) is 2. The Balaban J connectivity index is 1.71. The average molecular weight is 596 g/mol. The van der Waals surface area contributed by atoms with Gasteiger partial charge in [-0.3, -0.25) is 14.4 Å². The van der Waals surface area contributed by atoms with Crippen molar-refractivity contribution in [1.29, 1.82) is 0 Å². The summed E-state index contributed by atoms with van der Waals surface area (Å²) in [5.74, 6) is -2.82. The normalized spacial score (nSPS) is 29.8. The van der Waals surface area contributed by atoms with Gasteiger partial charge in [0.25, 0.3) is 5.91 Å². The Hall–Kier alpha value is -2.20. The van der Waals surface area contributed by atoms with Crippen LogP contribution in [0.1, 0.15) is 25.7 Å². The summed E-state index contributed by atoms with van der Waals surface area (Å²) in [4.78, 5) is 44.2. The zero-order valence-electron chi connectivity index (χ0n) is 20.6. The topological polar surface area (TPSA) is 96.4 Å². The third-order valence-corrected chi connectivity index (χ3v) is 8.46. The van der Waals surface area contributed by atoms with Gasteiger partial charge in [0.15, 0.2) is 0 Å². The first kappa shape index (κ1) is 27.8. The molecule has 3 fully saturated rings. The molecule has 0 radical (unpaired) electrons. The number of fused-ring (bicyclic) bond motifs is 1. The number of halogens is 2. The van der Waals surface area contributed by atoms with Gasteiger partial charge in [-0.25, -0.2) is 0 Å². The molecule has 1 spiro atoms. The zero-order chi connectivity index (χ0) is 26.7. The fourth-order valence-corrected chi connectivity index (χ4v) is 6.95. The Bertz CT molecular complexity index is 1050. The van der Waals surface area contributed by atoms with Gasteiger partial charge in [0, 0.05) is 35.2 Å². The Morgan fingerprint density at radius 3 is 2.65 bits per heavy atom. The zero-order valence-corrected chi connectivity index (χ0v) is 22.9. The van der Waals surface area contributed by atoms with E-state index in [1.165, 1.54) is 4.90 Å². The number of benzene rings is 1. The SMILES string of the molecule is C=CCCCOC(=O)[C@H]1[C@@H]2OC3(CC2Br)C(C(=O)N(CC=C)c2ccc(Cl)cc2)N(CCCO)C(=O)[C@H]13. The standard InChI is InChI=1S/C27H32BrClN2O6/c1-3-5-6-15-36-26(35)20-21-24(33)31(13-7-14-32)23(27(21)16-19(28)22(20)37-27)25(34)30(12-4-2)18-10-8-17(29)9-11-18/h3-4,8-11,19-23,32H,1-2,5-7,12-16H2/t19?,20-,21+,22-,23?,27?/m1/s1. The number of anilines is 1. The molecular weight excluding hydrogens is 564 g/mol. The summed E-state index contributed by atoms with van der Waals surface area (Å²) in [5, 5.41) is 10.0. The summed E-state index contributed by atoms with van der Waals surface area (Å²) in [6.07, 6.45) is 4.81. The lowest BCUT2D eigenvalue weighted by Gasteiger charge is -2.37. The van der Waals surface area contributed by atoms with Crippen LogP contribution in [-0.4, -0.2) is 76.7 Å². The molecule has 0 aliphatic carbocycles. The van der Waals surface area contributed by atoms with Gasteiger partial charge in [-0.15, -0.1) is 13.2 Å². The maximum atomic E-state index is 14.3. The monoisotopic (exact) mass is 594 g/mol. The molecule has 200 valence electrons. The second-order valence-corrected chi connectivity index (χ2v) is 11.2. The molecule has 0 aromatic heterocycles. The van der Waals surface area contributed by atoms with E-state index in [-0.39, 0.29) is 42.9 Å². The number of esters is 1. The van der Waals surface area contributed by atoms with Crippen molar-refractivity contribution < 1.29 is 29.0 Å². The third kappa shape index (κ3) is 4.99. The van der Waals surface area contributed by atoms with Crippen LogP contribution in [0.25, 0.3) is 0 Å². The number of unbranched alkanes of at least 4 members (excludes halogenated alkanes) is 1. The van der Waals surface area contributed by atoms with E-state index in [2.05, 4.69) is 29.1 Å². The van der Waals surface area contributed by atoms with E-state index in [1.807, 2.05) is 0 Å². The predicted octanol–water partition coefficient (Wildman–Crippen LogP) is 3.50. The summed E-state index contributed by atoms with van der Waals surface area (Å²) in [6.45, 7) is 7.91. The number of likely N-dealkylation sites (tertiary alicyclic amines) is 1. The molecule has 3 aliphatic heterocycles. The third-order valence-electron chi connectivity index (χ3n) is 7.37. The predicted molar refractivity (Wildman–Crippen MR) is 144 cm³/mol. The largest absolute Gasteiger partial charge is 0.465 e. The maximum Gasteiger partial charge on any atom is 0.312 e. The van der Waals surface area contributed by atoms with Crippen LogP contribution in [0.5, 0.6) is 0 Å². The van der Waals surface area contributed by atoms with Crippen molar-refractivity contribution in [3.8, 4) is 0 Å². The molecule has 1 aromatic rings. The van der Waals surface area contributed by atoms with Gasteiger partial charge >= 0.3 is 5.97 Å². The molecule has 2 amide bonds. The number of rotatable bonds is 12. The summed E-state index contributed by atoms with van der Waals surface area (Å²) in [7, 11) is 0. The van der Waals surface area contributed by atoms with Crippen molar-refractivity contribution >= 4 is 51.0 Å². The highest BCUT2D eigenvalue weighted by Gasteiger charge is 2.77. The first-order chi connectivity index (χ1) is 17.8. The first-order valence-electron chi connectivity index (χ1n) is 12.5. The van der Waals surface area contributed by atoms with E-state index in [0.29, 0.717) is 36.4 Å². The van der Waals surface area contributed by atoms with Gasteiger partial charge in [0.1, 0.15) is 11.6 Å². The van der Waals surface area contributed by atoms with Gasteiger partial charge < -0.3 is 24.4 Å². The van der Waals surface area contributed by atoms with Crippen LogP contribution in [0.2, 0.25) is 5.02 Å². The highest BCUT2D eigenvalue weighted by atomic mass is 79.9. The number of carbonyl (C=O) groups excluding carboxylic acids is 3. The fraction of sp³-hybridized carbons (Fsp3) is 0.519. The summed E-state index contributed by atoms with van der Waals surface area (Å²) in [5.41, 5.74) is -0.594. The Kier molecular flexibility index (Phi) is 8.78. The van der Waals surface area contributed by atoms with E-state index in [0.717, 1.165) is 0 Å². The van der Waals surface area contributed by atoms with Gasteiger partial charge in [0.05, 0.1) is 24.5 Å². The molecular formula is C27H32BrClN2O6. The van der Waals surface area contributed by atoms with Crippen LogP contribution in [-0.2, 0) is 23.9 Å². The highest BCUT2D eigenvalue weighted by molar-refractivity contribution is 9.09. The average Bonchev–Trinajstić information content (AvgIpc) is 3.47. The number of aliphatic hydroxyl groups excluding tert-OH is 1. The van der Waals surface area contributed by atoms with Gasteiger partial charge in [-0.1, -0.05) is 39.7 Å². The number of allylic oxidation sites excluding steroid dienone is 1. The molecule has 3 heterocycles. The van der Waals surface area contributed by atoms with Crippen molar-refractivity contribution in [2.45, 2.75) is 48.3 Å². The second kappa shape index (κ2) is 11.7. The lowest BCUT2D eigenvalue weighted by atomic mass is 9.70. The highest BCUT2D eigenvalue weighted by Crippen LogP contribution is 2.60. The van der Waals surface area contributed by atoms with Crippen LogP contribution in [0.3, 0.4) is 0 Å². The molecule has 4 rings (SSSR count). The smallest absolute Gasteiger partial charge is 0.312 e. The van der Waals surface area contributed by atoms with E-state index >= 15 is 0 Å². The van der Waals surface area contributed by atoms with Crippen molar-refractivity contribution in [3.63, 3.8) is 0 Å². The number of carbonyl (C=O) groups is 3. The summed E-state index contributed by atoms with van der Waals surface area (Å²) < 4.78 is 12.0. The number of aliphatic hydroxyl groups is 1. The van der Waals surface area contributed by atoms with Gasteiger partial charge in [-0.2, -0.15) is 0 Å². The lowest BCUT2D eigenvalue weighted by Crippen LogP contribution is -2.57. The minimum absolute atomic E-state index is 0.144. The number of amides is 2.